The van der Waals surface area contributed by atoms with Crippen molar-refractivity contribution in [1.82, 2.24) is 0 Å². The molecule has 0 bridgehead atoms. The molecule has 0 radical (unpaired) electrons. The molecule has 0 unspecified atom stereocenters. The van der Waals surface area contributed by atoms with E-state index in [9.17, 15) is 0 Å². The Hall–Kier alpha value is -2.49. The lowest BCUT2D eigenvalue weighted by Crippen LogP contribution is -1.98. The largest absolute Gasteiger partial charge is 0.493 e. The molecule has 4 nitrogen and oxygen atoms in total. The lowest BCUT2D eigenvalue weighted by Gasteiger charge is -2.07. The summed E-state index contributed by atoms with van der Waals surface area (Å²) in [6.45, 7) is 3.04. The van der Waals surface area contributed by atoms with Crippen molar-refractivity contribution in [3.05, 3.63) is 54.6 Å². The molecule has 0 aliphatic heterocycles. The van der Waals surface area contributed by atoms with E-state index in [0.717, 1.165) is 17.2 Å². The predicted molar refractivity (Wildman–Crippen MR) is 83.2 cm³/mol. The quantitative estimate of drug-likeness (QED) is 0.413. The van der Waals surface area contributed by atoms with Crippen molar-refractivity contribution in [2.24, 2.45) is 5.16 Å². The summed E-state index contributed by atoms with van der Waals surface area (Å²) in [5.41, 5.74) is 0. The molecule has 0 fully saturated rings. The molecule has 0 aliphatic carbocycles. The molecular weight excluding hydrogens is 266 g/mol. The number of para-hydroxylation sites is 1. The number of hydrogen-bond acceptors (Lipinski definition) is 4. The van der Waals surface area contributed by atoms with Crippen molar-refractivity contribution in [3.63, 3.8) is 0 Å². The van der Waals surface area contributed by atoms with Crippen LogP contribution in [0.3, 0.4) is 0 Å². The van der Waals surface area contributed by atoms with Gasteiger partial charge in [-0.25, -0.2) is 0 Å². The Morgan fingerprint density at radius 3 is 2.29 bits per heavy atom. The molecule has 2 aromatic rings. The first-order valence-corrected chi connectivity index (χ1v) is 6.98. The van der Waals surface area contributed by atoms with Crippen LogP contribution >= 0.6 is 0 Å². The predicted octanol–water partition coefficient (Wildman–Crippen LogP) is 4.27. The molecule has 0 saturated carbocycles. The summed E-state index contributed by atoms with van der Waals surface area (Å²) < 4.78 is 11.3. The van der Waals surface area contributed by atoms with Gasteiger partial charge in [0, 0.05) is 12.6 Å². The molecule has 0 aliphatic rings. The van der Waals surface area contributed by atoms with E-state index >= 15 is 0 Å². The van der Waals surface area contributed by atoms with Gasteiger partial charge in [-0.1, -0.05) is 23.4 Å². The van der Waals surface area contributed by atoms with Crippen LogP contribution in [0.2, 0.25) is 0 Å². The average molecular weight is 285 g/mol. The van der Waals surface area contributed by atoms with E-state index in [1.54, 1.807) is 6.21 Å². The zero-order valence-corrected chi connectivity index (χ0v) is 12.1. The molecular formula is C17H19NO3. The van der Waals surface area contributed by atoms with Crippen molar-refractivity contribution in [3.8, 4) is 17.2 Å². The highest BCUT2D eigenvalue weighted by Crippen LogP contribution is 2.23. The van der Waals surface area contributed by atoms with Gasteiger partial charge in [0.25, 0.3) is 0 Å². The zero-order chi connectivity index (χ0) is 14.8. The first kappa shape index (κ1) is 14.9. The van der Waals surface area contributed by atoms with Gasteiger partial charge in [0.15, 0.2) is 0 Å². The first-order chi connectivity index (χ1) is 10.4. The second-order valence-electron chi connectivity index (χ2n) is 4.23. The van der Waals surface area contributed by atoms with E-state index in [2.05, 4.69) is 5.16 Å². The lowest BCUT2D eigenvalue weighted by molar-refractivity contribution is 0.159. The second kappa shape index (κ2) is 8.64. The van der Waals surface area contributed by atoms with Crippen LogP contribution in [0.4, 0.5) is 0 Å². The Labute approximate surface area is 125 Å². The van der Waals surface area contributed by atoms with Crippen molar-refractivity contribution in [2.45, 2.75) is 13.3 Å². The van der Waals surface area contributed by atoms with Crippen LogP contribution in [0.15, 0.2) is 59.8 Å². The van der Waals surface area contributed by atoms with Crippen LogP contribution in [0.1, 0.15) is 13.3 Å². The fourth-order valence-corrected chi connectivity index (χ4v) is 1.64. The summed E-state index contributed by atoms with van der Waals surface area (Å²) in [7, 11) is 0. The van der Waals surface area contributed by atoms with E-state index in [1.807, 2.05) is 61.5 Å². The van der Waals surface area contributed by atoms with Gasteiger partial charge >= 0.3 is 0 Å². The first-order valence-electron chi connectivity index (χ1n) is 6.98. The van der Waals surface area contributed by atoms with Crippen LogP contribution in [0.5, 0.6) is 17.2 Å². The van der Waals surface area contributed by atoms with Gasteiger partial charge in [-0.15, -0.1) is 0 Å². The summed E-state index contributed by atoms with van der Waals surface area (Å²) in [6.07, 6.45) is 2.42. The maximum Gasteiger partial charge on any atom is 0.127 e. The molecule has 0 atom stereocenters. The Balaban J connectivity index is 1.77. The Morgan fingerprint density at radius 1 is 0.905 bits per heavy atom. The van der Waals surface area contributed by atoms with Gasteiger partial charge in [-0.3, -0.25) is 0 Å². The van der Waals surface area contributed by atoms with Gasteiger partial charge < -0.3 is 14.3 Å². The van der Waals surface area contributed by atoms with E-state index in [0.29, 0.717) is 19.6 Å². The number of oxime groups is 1. The SMILES string of the molecule is CCO/N=C/CCOc1ccc(Oc2ccccc2)cc1. The Kier molecular flexibility index (Phi) is 6.13. The highest BCUT2D eigenvalue weighted by molar-refractivity contribution is 5.56. The molecule has 2 aromatic carbocycles. The number of ether oxygens (including phenoxy) is 2. The summed E-state index contributed by atoms with van der Waals surface area (Å²) in [5.74, 6) is 2.41. The molecule has 4 heteroatoms. The fraction of sp³-hybridized carbons (Fsp3) is 0.235. The van der Waals surface area contributed by atoms with Crippen molar-refractivity contribution in [1.29, 1.82) is 0 Å². The molecule has 0 saturated heterocycles. The molecule has 0 heterocycles. The minimum absolute atomic E-state index is 0.565. The normalized spacial score (nSPS) is 10.5. The Morgan fingerprint density at radius 2 is 1.57 bits per heavy atom. The van der Waals surface area contributed by atoms with Crippen LogP contribution in [-0.4, -0.2) is 19.4 Å². The molecule has 0 aromatic heterocycles. The number of benzene rings is 2. The number of hydrogen-bond donors (Lipinski definition) is 0. The Bertz CT molecular complexity index is 538. The standard InChI is InChI=1S/C17H19NO3/c1-2-20-18-13-6-14-19-15-9-11-17(12-10-15)21-16-7-4-3-5-8-16/h3-5,7-13H,2,6,14H2,1H3/b18-13+. The monoisotopic (exact) mass is 285 g/mol. The molecule has 2 rings (SSSR count). The zero-order valence-electron chi connectivity index (χ0n) is 12.1. The number of rotatable bonds is 8. The van der Waals surface area contributed by atoms with Gasteiger partial charge in [0.05, 0.1) is 6.61 Å². The van der Waals surface area contributed by atoms with Gasteiger partial charge in [0.2, 0.25) is 0 Å². The summed E-state index contributed by atoms with van der Waals surface area (Å²) in [6, 6.07) is 17.2. The van der Waals surface area contributed by atoms with Gasteiger partial charge in [-0.05, 0) is 43.3 Å². The molecule has 0 amide bonds. The minimum atomic E-state index is 0.565. The van der Waals surface area contributed by atoms with Crippen LogP contribution < -0.4 is 9.47 Å². The maximum atomic E-state index is 5.71. The third-order valence-electron chi connectivity index (χ3n) is 2.60. The van der Waals surface area contributed by atoms with E-state index < -0.39 is 0 Å². The lowest BCUT2D eigenvalue weighted by atomic mass is 10.3. The van der Waals surface area contributed by atoms with E-state index in [4.69, 9.17) is 14.3 Å². The molecule has 21 heavy (non-hydrogen) atoms. The number of nitrogens with zero attached hydrogens (tertiary/aromatic N) is 1. The van der Waals surface area contributed by atoms with Crippen LogP contribution in [0.25, 0.3) is 0 Å². The molecule has 0 N–H and O–H groups in total. The molecule has 0 spiro atoms. The highest BCUT2D eigenvalue weighted by Gasteiger charge is 1.98. The molecule has 110 valence electrons. The minimum Gasteiger partial charge on any atom is -0.493 e. The summed E-state index contributed by atoms with van der Waals surface area (Å²) in [5, 5.41) is 3.76. The van der Waals surface area contributed by atoms with Crippen LogP contribution in [-0.2, 0) is 4.84 Å². The van der Waals surface area contributed by atoms with Crippen molar-refractivity contribution in [2.75, 3.05) is 13.2 Å². The smallest absolute Gasteiger partial charge is 0.127 e. The third kappa shape index (κ3) is 5.57. The summed E-state index contributed by atoms with van der Waals surface area (Å²) >= 11 is 0. The second-order valence-corrected chi connectivity index (χ2v) is 4.23. The maximum absolute atomic E-state index is 5.71. The topological polar surface area (TPSA) is 40.0 Å². The van der Waals surface area contributed by atoms with Gasteiger partial charge in [0.1, 0.15) is 23.9 Å². The average Bonchev–Trinajstić information content (AvgIpc) is 2.53. The van der Waals surface area contributed by atoms with E-state index in [1.165, 1.54) is 0 Å². The van der Waals surface area contributed by atoms with Crippen molar-refractivity contribution < 1.29 is 14.3 Å². The fourth-order valence-electron chi connectivity index (χ4n) is 1.64. The van der Waals surface area contributed by atoms with E-state index in [-0.39, 0.29) is 0 Å². The van der Waals surface area contributed by atoms with Crippen LogP contribution in [0, 0.1) is 0 Å². The van der Waals surface area contributed by atoms with Crippen molar-refractivity contribution >= 4 is 6.21 Å². The van der Waals surface area contributed by atoms with Gasteiger partial charge in [-0.2, -0.15) is 0 Å². The summed E-state index contributed by atoms with van der Waals surface area (Å²) in [4.78, 5) is 4.86. The third-order valence-corrected chi connectivity index (χ3v) is 2.60. The highest BCUT2D eigenvalue weighted by atomic mass is 16.6.